The van der Waals surface area contributed by atoms with E-state index >= 15 is 0 Å². The number of amides is 1. The molecule has 3 aliphatic rings. The average molecular weight is 483 g/mol. The van der Waals surface area contributed by atoms with Gasteiger partial charge in [-0.3, -0.25) is 4.79 Å². The second-order valence-electron chi connectivity index (χ2n) is 10.6. The highest BCUT2D eigenvalue weighted by Crippen LogP contribution is 2.63. The summed E-state index contributed by atoms with van der Waals surface area (Å²) in [6, 6.07) is 26.3. The van der Waals surface area contributed by atoms with Crippen LogP contribution in [0.3, 0.4) is 0 Å². The predicted molar refractivity (Wildman–Crippen MR) is 146 cm³/mol. The van der Waals surface area contributed by atoms with E-state index < -0.39 is 0 Å². The molecular formula is C31H34N2OS. The lowest BCUT2D eigenvalue weighted by Gasteiger charge is -2.43. The molecule has 0 aromatic heterocycles. The standard InChI is InChI=1S/C31H34N2OS/c1-20-6-5-7-21(16-20)19-35-15-14-32-31(34)25-12-13-27-26(18-25)28-23-10-11-24(17-23)29(28)30(33-27)22-8-3-2-4-9-22/h2-9,12-13,16,18,23-24,28-30,33H,10-11,14-15,17,19H2,1H3,(H,32,34)/t23-,24-,28-,29-,30-/m0/s1. The number of carbonyl (C=O) groups is 1. The Labute approximate surface area is 213 Å². The van der Waals surface area contributed by atoms with Gasteiger partial charge in [0.2, 0.25) is 0 Å². The van der Waals surface area contributed by atoms with Crippen LogP contribution in [-0.4, -0.2) is 18.2 Å². The summed E-state index contributed by atoms with van der Waals surface area (Å²) in [4.78, 5) is 13.0. The predicted octanol–water partition coefficient (Wildman–Crippen LogP) is 6.95. The van der Waals surface area contributed by atoms with Crippen molar-refractivity contribution in [2.24, 2.45) is 17.8 Å². The third-order valence-electron chi connectivity index (χ3n) is 8.39. The molecule has 3 aromatic carbocycles. The largest absolute Gasteiger partial charge is 0.378 e. The first-order valence-corrected chi connectivity index (χ1v) is 14.2. The minimum absolute atomic E-state index is 0.0499. The van der Waals surface area contributed by atoms with Crippen molar-refractivity contribution in [2.75, 3.05) is 17.6 Å². The van der Waals surface area contributed by atoms with E-state index in [0.717, 1.165) is 28.9 Å². The van der Waals surface area contributed by atoms with Gasteiger partial charge in [0.15, 0.2) is 0 Å². The Morgan fingerprint density at radius 2 is 1.86 bits per heavy atom. The van der Waals surface area contributed by atoms with Crippen molar-refractivity contribution in [2.45, 2.75) is 43.9 Å². The van der Waals surface area contributed by atoms with Gasteiger partial charge in [-0.25, -0.2) is 0 Å². The molecule has 35 heavy (non-hydrogen) atoms. The molecule has 0 unspecified atom stereocenters. The van der Waals surface area contributed by atoms with E-state index in [1.807, 2.05) is 17.8 Å². The van der Waals surface area contributed by atoms with Gasteiger partial charge in [-0.15, -0.1) is 0 Å². The van der Waals surface area contributed by atoms with Crippen molar-refractivity contribution < 1.29 is 4.79 Å². The van der Waals surface area contributed by atoms with Crippen molar-refractivity contribution in [1.29, 1.82) is 0 Å². The van der Waals surface area contributed by atoms with E-state index in [2.05, 4.69) is 84.3 Å². The van der Waals surface area contributed by atoms with Crippen LogP contribution in [0.25, 0.3) is 0 Å². The van der Waals surface area contributed by atoms with Crippen LogP contribution in [0.2, 0.25) is 0 Å². The molecule has 0 saturated heterocycles. The number of rotatable bonds is 7. The van der Waals surface area contributed by atoms with Crippen molar-refractivity contribution in [3.8, 4) is 0 Å². The van der Waals surface area contributed by atoms with Gasteiger partial charge in [0, 0.05) is 29.3 Å². The molecule has 3 aromatic rings. The van der Waals surface area contributed by atoms with Gasteiger partial charge in [-0.2, -0.15) is 11.8 Å². The topological polar surface area (TPSA) is 41.1 Å². The maximum atomic E-state index is 13.0. The van der Waals surface area contributed by atoms with Crippen LogP contribution in [0.15, 0.2) is 72.8 Å². The maximum Gasteiger partial charge on any atom is 0.251 e. The Morgan fingerprint density at radius 1 is 1.00 bits per heavy atom. The molecule has 1 amide bonds. The zero-order chi connectivity index (χ0) is 23.8. The molecule has 2 fully saturated rings. The molecule has 0 radical (unpaired) electrons. The molecule has 0 spiro atoms. The van der Waals surface area contributed by atoms with Crippen molar-refractivity contribution in [3.63, 3.8) is 0 Å². The molecule has 2 N–H and O–H groups in total. The average Bonchev–Trinajstić information content (AvgIpc) is 3.51. The fraction of sp³-hybridized carbons (Fsp3) is 0.387. The third-order valence-corrected chi connectivity index (χ3v) is 9.42. The first-order chi connectivity index (χ1) is 17.2. The summed E-state index contributed by atoms with van der Waals surface area (Å²) in [5.41, 5.74) is 7.43. The lowest BCUT2D eigenvalue weighted by Crippen LogP contribution is -2.35. The molecule has 2 bridgehead atoms. The highest BCUT2D eigenvalue weighted by atomic mass is 32.2. The number of benzene rings is 3. The van der Waals surface area contributed by atoms with Crippen LogP contribution >= 0.6 is 11.8 Å². The molecule has 4 heteroatoms. The van der Waals surface area contributed by atoms with Gasteiger partial charge in [-0.05, 0) is 84.7 Å². The number of thioether (sulfide) groups is 1. The smallest absolute Gasteiger partial charge is 0.251 e. The maximum absolute atomic E-state index is 13.0. The highest BCUT2D eigenvalue weighted by molar-refractivity contribution is 7.98. The molecular weight excluding hydrogens is 448 g/mol. The monoisotopic (exact) mass is 482 g/mol. The van der Waals surface area contributed by atoms with Crippen LogP contribution in [0.1, 0.15) is 63.8 Å². The molecule has 6 rings (SSSR count). The Balaban J connectivity index is 1.13. The Bertz CT molecular complexity index is 1210. The van der Waals surface area contributed by atoms with Gasteiger partial charge in [-0.1, -0.05) is 60.2 Å². The zero-order valence-electron chi connectivity index (χ0n) is 20.4. The van der Waals surface area contributed by atoms with Crippen LogP contribution in [0, 0.1) is 24.7 Å². The van der Waals surface area contributed by atoms with Crippen LogP contribution in [-0.2, 0) is 5.75 Å². The van der Waals surface area contributed by atoms with E-state index in [0.29, 0.717) is 24.4 Å². The summed E-state index contributed by atoms with van der Waals surface area (Å²) < 4.78 is 0. The Hall–Kier alpha value is -2.72. The molecule has 3 nitrogen and oxygen atoms in total. The molecule has 2 saturated carbocycles. The zero-order valence-corrected chi connectivity index (χ0v) is 21.2. The fourth-order valence-corrected chi connectivity index (χ4v) is 7.75. The van der Waals surface area contributed by atoms with Gasteiger partial charge < -0.3 is 10.6 Å². The number of aryl methyl sites for hydroxylation is 1. The lowest BCUT2D eigenvalue weighted by molar-refractivity contribution is 0.0956. The van der Waals surface area contributed by atoms with Gasteiger partial charge in [0.05, 0.1) is 6.04 Å². The van der Waals surface area contributed by atoms with Crippen molar-refractivity contribution in [3.05, 3.63) is 101 Å². The molecule has 1 aliphatic heterocycles. The fourth-order valence-electron chi connectivity index (χ4n) is 6.95. The van der Waals surface area contributed by atoms with E-state index in [9.17, 15) is 4.79 Å². The molecule has 1 heterocycles. The number of carbonyl (C=O) groups excluding carboxylic acids is 1. The minimum Gasteiger partial charge on any atom is -0.378 e. The van der Waals surface area contributed by atoms with Gasteiger partial charge in [0.1, 0.15) is 0 Å². The summed E-state index contributed by atoms with van der Waals surface area (Å²) in [6.07, 6.45) is 4.03. The SMILES string of the molecule is Cc1cccc(CSCCNC(=O)c2ccc3c(c2)[C@@H]2[C@H]4CC[C@@H](C4)[C@@H]2[C@H](c2ccccc2)N3)c1. The molecule has 5 atom stereocenters. The van der Waals surface area contributed by atoms with Crippen molar-refractivity contribution >= 4 is 23.4 Å². The second-order valence-corrected chi connectivity index (χ2v) is 11.7. The van der Waals surface area contributed by atoms with Crippen molar-refractivity contribution in [1.82, 2.24) is 5.32 Å². The van der Waals surface area contributed by atoms with E-state index in [4.69, 9.17) is 0 Å². The summed E-state index contributed by atoms with van der Waals surface area (Å²) in [6.45, 7) is 2.82. The Kier molecular flexibility index (Phi) is 6.32. The summed E-state index contributed by atoms with van der Waals surface area (Å²) >= 11 is 1.87. The summed E-state index contributed by atoms with van der Waals surface area (Å²) in [5, 5.41) is 7.03. The van der Waals surface area contributed by atoms with Gasteiger partial charge in [0.25, 0.3) is 5.91 Å². The van der Waals surface area contributed by atoms with E-state index in [-0.39, 0.29) is 5.91 Å². The first-order valence-electron chi connectivity index (χ1n) is 13.0. The second kappa shape index (κ2) is 9.73. The van der Waals surface area contributed by atoms with E-state index in [1.54, 1.807) is 0 Å². The van der Waals surface area contributed by atoms with Gasteiger partial charge >= 0.3 is 0 Å². The summed E-state index contributed by atoms with van der Waals surface area (Å²) in [5.74, 6) is 4.68. The van der Waals surface area contributed by atoms with Crippen LogP contribution in [0.4, 0.5) is 5.69 Å². The third kappa shape index (κ3) is 4.49. The number of anilines is 1. The quantitative estimate of drug-likeness (QED) is 0.358. The summed E-state index contributed by atoms with van der Waals surface area (Å²) in [7, 11) is 0. The number of nitrogens with one attached hydrogen (secondary N) is 2. The molecule has 180 valence electrons. The number of hydrogen-bond acceptors (Lipinski definition) is 3. The van der Waals surface area contributed by atoms with Crippen LogP contribution in [0.5, 0.6) is 0 Å². The number of fused-ring (bicyclic) bond motifs is 7. The highest BCUT2D eigenvalue weighted by Gasteiger charge is 2.53. The Morgan fingerprint density at radius 3 is 2.71 bits per heavy atom. The number of hydrogen-bond donors (Lipinski definition) is 2. The minimum atomic E-state index is 0.0499. The van der Waals surface area contributed by atoms with Crippen LogP contribution < -0.4 is 10.6 Å². The van der Waals surface area contributed by atoms with E-state index in [1.165, 1.54) is 47.2 Å². The molecule has 2 aliphatic carbocycles. The normalized spacial score (nSPS) is 26.0. The first kappa shape index (κ1) is 22.7. The lowest BCUT2D eigenvalue weighted by atomic mass is 9.68.